The smallest absolute Gasteiger partial charge is 0.305 e. The van der Waals surface area contributed by atoms with Gasteiger partial charge in [0.05, 0.1) is 11.7 Å². The van der Waals surface area contributed by atoms with Gasteiger partial charge in [0.15, 0.2) is 0 Å². The summed E-state index contributed by atoms with van der Waals surface area (Å²) in [6, 6.07) is 3.61. The number of hydrogen-bond donors (Lipinski definition) is 2. The summed E-state index contributed by atoms with van der Waals surface area (Å²) in [6.07, 6.45) is 3.15. The van der Waals surface area contributed by atoms with Gasteiger partial charge in [-0.25, -0.2) is 0 Å². The fourth-order valence-electron chi connectivity index (χ4n) is 1.39. The number of aromatic nitrogens is 1. The average Bonchev–Trinajstić information content (AvgIpc) is 2.36. The van der Waals surface area contributed by atoms with E-state index in [1.807, 2.05) is 6.92 Å². The predicted octanol–water partition coefficient (Wildman–Crippen LogP) is 1.29. The lowest BCUT2D eigenvalue weighted by Gasteiger charge is -2.13. The van der Waals surface area contributed by atoms with Crippen molar-refractivity contribution in [3.8, 4) is 0 Å². The Morgan fingerprint density at radius 1 is 1.44 bits per heavy atom. The van der Waals surface area contributed by atoms with Crippen LogP contribution >= 0.6 is 11.8 Å². The Bertz CT molecular complexity index is 398. The lowest BCUT2D eigenvalue weighted by molar-refractivity contribution is -0.138. The van der Waals surface area contributed by atoms with Crippen LogP contribution in [-0.4, -0.2) is 33.0 Å². The molecule has 0 spiro atoms. The van der Waals surface area contributed by atoms with Crippen molar-refractivity contribution in [3.05, 3.63) is 30.1 Å². The first kappa shape index (κ1) is 14.5. The second kappa shape index (κ2) is 7.71. The molecule has 1 rings (SSSR count). The first-order valence-electron chi connectivity index (χ1n) is 5.63. The minimum absolute atomic E-state index is 0.152. The molecule has 0 saturated carbocycles. The number of amides is 1. The molecule has 0 bridgehead atoms. The molecule has 18 heavy (non-hydrogen) atoms. The van der Waals surface area contributed by atoms with E-state index in [0.717, 1.165) is 5.56 Å². The lowest BCUT2D eigenvalue weighted by Crippen LogP contribution is -2.33. The minimum atomic E-state index is -0.958. The Kier molecular flexibility index (Phi) is 6.21. The van der Waals surface area contributed by atoms with Gasteiger partial charge in [-0.3, -0.25) is 14.6 Å². The number of carbonyl (C=O) groups is 2. The Balaban J connectivity index is 2.48. The van der Waals surface area contributed by atoms with Gasteiger partial charge in [0, 0.05) is 18.9 Å². The highest BCUT2D eigenvalue weighted by atomic mass is 32.2. The summed E-state index contributed by atoms with van der Waals surface area (Å²) in [7, 11) is 0. The molecule has 0 fully saturated rings. The summed E-state index contributed by atoms with van der Waals surface area (Å²) in [5.41, 5.74) is 0.939. The molecule has 0 aliphatic rings. The minimum Gasteiger partial charge on any atom is -0.481 e. The number of carboxylic acids is 1. The predicted molar refractivity (Wildman–Crippen MR) is 70.3 cm³/mol. The van der Waals surface area contributed by atoms with Crippen molar-refractivity contribution in [2.24, 2.45) is 0 Å². The number of nitrogens with zero attached hydrogens (tertiary/aromatic N) is 1. The molecule has 6 heteroatoms. The van der Waals surface area contributed by atoms with E-state index >= 15 is 0 Å². The standard InChI is InChI=1S/C12H16N2O3S/c1-2-18-10(7-11(15)16)12(17)14-8-9-3-5-13-6-4-9/h3-6,10H,2,7-8H2,1H3,(H,14,17)(H,15,16)/t10-/m1/s1. The van der Waals surface area contributed by atoms with E-state index < -0.39 is 11.2 Å². The maximum atomic E-state index is 11.8. The van der Waals surface area contributed by atoms with Gasteiger partial charge in [-0.1, -0.05) is 6.92 Å². The van der Waals surface area contributed by atoms with Crippen molar-refractivity contribution >= 4 is 23.6 Å². The van der Waals surface area contributed by atoms with Crippen LogP contribution < -0.4 is 5.32 Å². The van der Waals surface area contributed by atoms with Gasteiger partial charge in [-0.05, 0) is 23.4 Å². The molecule has 5 nitrogen and oxygen atoms in total. The van der Waals surface area contributed by atoms with Crippen LogP contribution in [0.5, 0.6) is 0 Å². The normalized spacial score (nSPS) is 11.8. The molecular formula is C12H16N2O3S. The highest BCUT2D eigenvalue weighted by Crippen LogP contribution is 2.14. The average molecular weight is 268 g/mol. The maximum Gasteiger partial charge on any atom is 0.305 e. The maximum absolute atomic E-state index is 11.8. The van der Waals surface area contributed by atoms with Gasteiger partial charge < -0.3 is 10.4 Å². The van der Waals surface area contributed by atoms with Crippen LogP contribution in [0.1, 0.15) is 18.9 Å². The van der Waals surface area contributed by atoms with Crippen LogP contribution in [0.15, 0.2) is 24.5 Å². The van der Waals surface area contributed by atoms with E-state index in [1.54, 1.807) is 24.5 Å². The third-order valence-corrected chi connectivity index (χ3v) is 3.35. The number of carboxylic acid groups (broad SMARTS) is 1. The summed E-state index contributed by atoms with van der Waals surface area (Å²) in [4.78, 5) is 26.4. The highest BCUT2D eigenvalue weighted by molar-refractivity contribution is 8.00. The fraction of sp³-hybridized carbons (Fsp3) is 0.417. The van der Waals surface area contributed by atoms with E-state index in [9.17, 15) is 9.59 Å². The quantitative estimate of drug-likeness (QED) is 0.779. The molecule has 1 aromatic rings. The van der Waals surface area contributed by atoms with Crippen molar-refractivity contribution in [1.82, 2.24) is 10.3 Å². The number of pyridine rings is 1. The number of thioether (sulfide) groups is 1. The number of nitrogens with one attached hydrogen (secondary N) is 1. The third-order valence-electron chi connectivity index (χ3n) is 2.24. The molecule has 0 aliphatic heterocycles. The van der Waals surface area contributed by atoms with Crippen molar-refractivity contribution in [2.75, 3.05) is 5.75 Å². The molecule has 1 aromatic heterocycles. The van der Waals surface area contributed by atoms with Gasteiger partial charge in [-0.15, -0.1) is 11.8 Å². The third kappa shape index (κ3) is 5.18. The number of aliphatic carboxylic acids is 1. The Hall–Kier alpha value is -1.56. The molecule has 1 amide bonds. The van der Waals surface area contributed by atoms with Crippen LogP contribution in [0, 0.1) is 0 Å². The number of hydrogen-bond acceptors (Lipinski definition) is 4. The van der Waals surface area contributed by atoms with Crippen LogP contribution in [0.4, 0.5) is 0 Å². The van der Waals surface area contributed by atoms with Crippen molar-refractivity contribution in [3.63, 3.8) is 0 Å². The summed E-state index contributed by atoms with van der Waals surface area (Å²) in [6.45, 7) is 2.29. The molecular weight excluding hydrogens is 252 g/mol. The monoisotopic (exact) mass is 268 g/mol. The van der Waals surface area contributed by atoms with Crippen LogP contribution in [0.25, 0.3) is 0 Å². The molecule has 98 valence electrons. The molecule has 1 atom stereocenters. The Morgan fingerprint density at radius 2 is 2.11 bits per heavy atom. The summed E-state index contributed by atoms with van der Waals surface area (Å²) in [5, 5.41) is 10.9. The van der Waals surface area contributed by atoms with Gasteiger partial charge in [0.25, 0.3) is 0 Å². The van der Waals surface area contributed by atoms with Gasteiger partial charge in [-0.2, -0.15) is 0 Å². The summed E-state index contributed by atoms with van der Waals surface area (Å²) < 4.78 is 0. The molecule has 0 unspecified atom stereocenters. The fourth-order valence-corrected chi connectivity index (χ4v) is 2.29. The molecule has 0 aromatic carbocycles. The molecule has 0 aliphatic carbocycles. The SMILES string of the molecule is CCS[C@H](CC(=O)O)C(=O)NCc1ccncc1. The molecule has 0 radical (unpaired) electrons. The van der Waals surface area contributed by atoms with Crippen LogP contribution in [0.3, 0.4) is 0 Å². The summed E-state index contributed by atoms with van der Waals surface area (Å²) >= 11 is 1.34. The van der Waals surface area contributed by atoms with Crippen molar-refractivity contribution < 1.29 is 14.7 Å². The van der Waals surface area contributed by atoms with Crippen molar-refractivity contribution in [2.45, 2.75) is 25.1 Å². The summed E-state index contributed by atoms with van der Waals surface area (Å²) in [5.74, 6) is -0.484. The van der Waals surface area contributed by atoms with Gasteiger partial charge in [0.2, 0.25) is 5.91 Å². The van der Waals surface area contributed by atoms with Gasteiger partial charge >= 0.3 is 5.97 Å². The lowest BCUT2D eigenvalue weighted by atomic mass is 10.2. The van der Waals surface area contributed by atoms with E-state index in [2.05, 4.69) is 10.3 Å². The van der Waals surface area contributed by atoms with Crippen LogP contribution in [0.2, 0.25) is 0 Å². The van der Waals surface area contributed by atoms with E-state index in [0.29, 0.717) is 12.3 Å². The van der Waals surface area contributed by atoms with Gasteiger partial charge in [0.1, 0.15) is 0 Å². The first-order valence-corrected chi connectivity index (χ1v) is 6.68. The first-order chi connectivity index (χ1) is 8.63. The second-order valence-corrected chi connectivity index (χ2v) is 5.09. The largest absolute Gasteiger partial charge is 0.481 e. The number of carbonyl (C=O) groups excluding carboxylic acids is 1. The highest BCUT2D eigenvalue weighted by Gasteiger charge is 2.21. The van der Waals surface area contributed by atoms with Crippen LogP contribution in [-0.2, 0) is 16.1 Å². The molecule has 2 N–H and O–H groups in total. The zero-order valence-corrected chi connectivity index (χ0v) is 10.9. The zero-order valence-electron chi connectivity index (χ0n) is 10.1. The number of rotatable bonds is 7. The van der Waals surface area contributed by atoms with E-state index in [4.69, 9.17) is 5.11 Å². The second-order valence-electron chi connectivity index (χ2n) is 3.62. The topological polar surface area (TPSA) is 79.3 Å². The Labute approximate surface area is 110 Å². The van der Waals surface area contributed by atoms with Crippen molar-refractivity contribution in [1.29, 1.82) is 0 Å². The van der Waals surface area contributed by atoms with E-state index in [-0.39, 0.29) is 12.3 Å². The molecule has 1 heterocycles. The Morgan fingerprint density at radius 3 is 2.67 bits per heavy atom. The molecule has 0 saturated heterocycles. The van der Waals surface area contributed by atoms with E-state index in [1.165, 1.54) is 11.8 Å². The zero-order chi connectivity index (χ0) is 13.4.